The average molecular weight is 330 g/mol. The van der Waals surface area contributed by atoms with Gasteiger partial charge in [0.1, 0.15) is 5.60 Å². The van der Waals surface area contributed by atoms with E-state index in [1.807, 2.05) is 0 Å². The van der Waals surface area contributed by atoms with Crippen LogP contribution in [0.15, 0.2) is 0 Å². The number of hydrogen-bond donors (Lipinski definition) is 4. The Morgan fingerprint density at radius 1 is 1.43 bits per heavy atom. The van der Waals surface area contributed by atoms with E-state index in [-0.39, 0.29) is 17.9 Å². The van der Waals surface area contributed by atoms with Crippen LogP contribution in [0, 0.1) is 20.9 Å². The Morgan fingerprint density at radius 2 is 1.96 bits per heavy atom. The second kappa shape index (κ2) is 7.51. The molecule has 0 radical (unpaired) electrons. The molecular weight excluding hydrogens is 308 g/mol. The number of nitrogens with two attached hydrogens (primary N) is 1. The molecule has 0 spiro atoms. The second-order valence-corrected chi connectivity index (χ2v) is 5.68. The van der Waals surface area contributed by atoms with Crippen molar-refractivity contribution in [1.29, 1.82) is 10.8 Å². The van der Waals surface area contributed by atoms with Crippen molar-refractivity contribution in [3.05, 3.63) is 10.1 Å². The van der Waals surface area contributed by atoms with Crippen LogP contribution in [0.3, 0.4) is 0 Å². The Labute approximate surface area is 133 Å². The highest BCUT2D eigenvalue weighted by Gasteiger charge is 2.52. The summed E-state index contributed by atoms with van der Waals surface area (Å²) in [7, 11) is 0. The number of nitro groups is 1. The minimum absolute atomic E-state index is 0.0216. The number of carbonyl (C=O) groups excluding carboxylic acids is 2. The van der Waals surface area contributed by atoms with Crippen LogP contribution in [0.4, 0.5) is 4.79 Å². The van der Waals surface area contributed by atoms with Gasteiger partial charge in [0.05, 0.1) is 6.21 Å². The predicted octanol–water partition coefficient (Wildman–Crippen LogP) is 0.613. The van der Waals surface area contributed by atoms with Gasteiger partial charge in [-0.2, -0.15) is 0 Å². The summed E-state index contributed by atoms with van der Waals surface area (Å²) in [6.45, 7) is 6.33. The number of ketones is 1. The molecule has 0 fully saturated rings. The van der Waals surface area contributed by atoms with Crippen LogP contribution < -0.4 is 11.1 Å². The van der Waals surface area contributed by atoms with E-state index in [0.29, 0.717) is 6.21 Å². The molecule has 0 saturated carbocycles. The van der Waals surface area contributed by atoms with Crippen LogP contribution in [-0.4, -0.2) is 45.4 Å². The number of ether oxygens (including phenoxy) is 1. The number of rotatable bonds is 7. The van der Waals surface area contributed by atoms with Gasteiger partial charge >= 0.3 is 6.09 Å². The Morgan fingerprint density at radius 3 is 2.26 bits per heavy atom. The lowest BCUT2D eigenvalue weighted by Gasteiger charge is -2.35. The lowest BCUT2D eigenvalue weighted by Crippen LogP contribution is -2.70. The normalized spacial score (nSPS) is 13.4. The first kappa shape index (κ1) is 20.3. The summed E-state index contributed by atoms with van der Waals surface area (Å²) in [5.74, 6) is -2.16. The zero-order valence-electron chi connectivity index (χ0n) is 13.5. The van der Waals surface area contributed by atoms with Crippen molar-refractivity contribution in [2.45, 2.75) is 51.8 Å². The fourth-order valence-electron chi connectivity index (χ4n) is 1.90. The summed E-state index contributed by atoms with van der Waals surface area (Å²) in [6.07, 6.45) is -0.797. The van der Waals surface area contributed by atoms with Gasteiger partial charge in [-0.15, -0.1) is 0 Å². The molecule has 0 aromatic carbocycles. The van der Waals surface area contributed by atoms with E-state index in [0.717, 1.165) is 0 Å². The van der Waals surface area contributed by atoms with Crippen molar-refractivity contribution in [1.82, 2.24) is 10.3 Å². The van der Waals surface area contributed by atoms with Gasteiger partial charge in [-0.25, -0.2) is 14.9 Å². The number of amides is 1. The molecule has 0 aliphatic carbocycles. The Hall–Kier alpha value is -2.72. The highest BCUT2D eigenvalue weighted by molar-refractivity contribution is 6.31. The number of Topliss-reactive ketones (excluding diaryl/α,β-unsaturated/α-hetero) is 1. The maximum absolute atomic E-state index is 12.2. The van der Waals surface area contributed by atoms with Crippen molar-refractivity contribution in [3.8, 4) is 0 Å². The average Bonchev–Trinajstić information content (AvgIpc) is 2.34. The van der Waals surface area contributed by atoms with E-state index in [4.69, 9.17) is 21.3 Å². The molecule has 11 heteroatoms. The molecule has 23 heavy (non-hydrogen) atoms. The second-order valence-electron chi connectivity index (χ2n) is 5.68. The molecule has 1 amide bonds. The predicted molar refractivity (Wildman–Crippen MR) is 81.5 cm³/mol. The van der Waals surface area contributed by atoms with Gasteiger partial charge in [-0.3, -0.25) is 15.5 Å². The number of nitrogens with one attached hydrogen (secondary N) is 3. The molecule has 11 nitrogen and oxygen atoms in total. The van der Waals surface area contributed by atoms with Gasteiger partial charge in [0.15, 0.2) is 5.03 Å². The third-order valence-electron chi connectivity index (χ3n) is 2.61. The molecule has 1 atom stereocenters. The van der Waals surface area contributed by atoms with Crippen LogP contribution in [0.25, 0.3) is 0 Å². The highest BCUT2D eigenvalue weighted by Crippen LogP contribution is 2.21. The zero-order valence-corrected chi connectivity index (χ0v) is 13.5. The number of hydrogen-bond acceptors (Lipinski definition) is 7. The largest absolute Gasteiger partial charge is 0.444 e. The first-order valence-electron chi connectivity index (χ1n) is 6.76. The lowest BCUT2D eigenvalue weighted by molar-refractivity contribution is -0.646. The fourth-order valence-corrected chi connectivity index (χ4v) is 1.90. The van der Waals surface area contributed by atoms with Crippen LogP contribution in [-0.2, 0) is 9.53 Å². The molecule has 130 valence electrons. The van der Waals surface area contributed by atoms with Gasteiger partial charge < -0.3 is 15.9 Å². The van der Waals surface area contributed by atoms with Gasteiger partial charge in [0.25, 0.3) is 5.96 Å². The van der Waals surface area contributed by atoms with E-state index in [1.54, 1.807) is 27.7 Å². The van der Waals surface area contributed by atoms with Gasteiger partial charge in [0.2, 0.25) is 11.4 Å². The Kier molecular flexibility index (Phi) is 6.63. The minimum Gasteiger partial charge on any atom is -0.444 e. The molecule has 0 bridgehead atoms. The van der Waals surface area contributed by atoms with Crippen LogP contribution in [0.1, 0.15) is 40.5 Å². The highest BCUT2D eigenvalue weighted by atomic mass is 16.7. The van der Waals surface area contributed by atoms with Crippen LogP contribution in [0.2, 0.25) is 0 Å². The van der Waals surface area contributed by atoms with E-state index >= 15 is 0 Å². The summed E-state index contributed by atoms with van der Waals surface area (Å²) in [6, 6.07) is 0. The lowest BCUT2D eigenvalue weighted by atomic mass is 9.98. The first-order valence-corrected chi connectivity index (χ1v) is 6.76. The van der Waals surface area contributed by atoms with Crippen molar-refractivity contribution in [2.24, 2.45) is 5.73 Å². The van der Waals surface area contributed by atoms with Crippen LogP contribution >= 0.6 is 0 Å². The Balaban J connectivity index is 5.99. The first-order chi connectivity index (χ1) is 10.4. The van der Waals surface area contributed by atoms with E-state index in [9.17, 15) is 19.7 Å². The monoisotopic (exact) mass is 330 g/mol. The number of carbonyl (C=O) groups is 2. The van der Waals surface area contributed by atoms with Crippen molar-refractivity contribution < 1.29 is 19.4 Å². The molecule has 0 aromatic heterocycles. The molecule has 0 aliphatic rings. The molecule has 5 N–H and O–H groups in total. The molecule has 0 saturated heterocycles. The fraction of sp³-hybridized carbons (Fsp3) is 0.667. The number of guanidine groups is 1. The maximum Gasteiger partial charge on any atom is 0.410 e. The van der Waals surface area contributed by atoms with Crippen molar-refractivity contribution in [3.63, 3.8) is 0 Å². The topological polar surface area (TPSA) is 176 Å². The molecule has 0 aromatic rings. The third kappa shape index (κ3) is 5.20. The summed E-state index contributed by atoms with van der Waals surface area (Å²) in [5.41, 5.74) is 1.97. The Bertz CT molecular complexity index is 501. The summed E-state index contributed by atoms with van der Waals surface area (Å²) in [5, 5.41) is 26.7. The standard InChI is InChI=1S/C12H22N6O5/c1-5-6-12(8(19)7-13,17(9(14)15)18(21)22)16-10(20)23-11(2,3)4/h7,13H,5-6H2,1-4H3,(H3,14,15)(H,16,20). The molecule has 0 heterocycles. The molecule has 0 aliphatic heterocycles. The van der Waals surface area contributed by atoms with E-state index in [1.165, 1.54) is 0 Å². The van der Waals surface area contributed by atoms with E-state index < -0.39 is 34.1 Å². The van der Waals surface area contributed by atoms with Crippen LogP contribution in [0.5, 0.6) is 0 Å². The summed E-state index contributed by atoms with van der Waals surface area (Å²) in [4.78, 5) is 35.4. The van der Waals surface area contributed by atoms with Gasteiger partial charge in [-0.1, -0.05) is 13.3 Å². The molecule has 1 unspecified atom stereocenters. The number of alkyl carbamates (subject to hydrolysis) is 1. The van der Waals surface area contributed by atoms with Crippen molar-refractivity contribution in [2.75, 3.05) is 0 Å². The number of hydrazine groups is 1. The number of nitrogens with zero attached hydrogens (tertiary/aromatic N) is 2. The third-order valence-corrected chi connectivity index (χ3v) is 2.61. The zero-order chi connectivity index (χ0) is 18.4. The summed E-state index contributed by atoms with van der Waals surface area (Å²) < 4.78 is 5.01. The van der Waals surface area contributed by atoms with E-state index in [2.05, 4.69) is 5.32 Å². The van der Waals surface area contributed by atoms with Gasteiger partial charge in [0, 0.05) is 6.42 Å². The quantitative estimate of drug-likeness (QED) is 0.174. The van der Waals surface area contributed by atoms with Gasteiger partial charge in [-0.05, 0) is 25.8 Å². The van der Waals surface area contributed by atoms with Crippen molar-refractivity contribution >= 4 is 24.1 Å². The molecule has 0 rings (SSSR count). The smallest absolute Gasteiger partial charge is 0.410 e. The maximum atomic E-state index is 12.2. The summed E-state index contributed by atoms with van der Waals surface area (Å²) >= 11 is 0. The molecular formula is C12H22N6O5. The minimum atomic E-state index is -2.31. The SMILES string of the molecule is CCCC(NC(=O)OC(C)(C)C)(C(=O)C=N)N(C(=N)N)[N+](=O)[O-].